The molecule has 0 aliphatic carbocycles. The van der Waals surface area contributed by atoms with E-state index in [1.807, 2.05) is 13.0 Å². The number of aromatic nitrogens is 2. The Morgan fingerprint density at radius 3 is 2.44 bits per heavy atom. The number of fused-ring (bicyclic) bond motifs is 1. The van der Waals surface area contributed by atoms with Gasteiger partial charge in [-0.15, -0.1) is 4.73 Å². The lowest BCUT2D eigenvalue weighted by atomic mass is 10.2. The van der Waals surface area contributed by atoms with E-state index in [2.05, 4.69) is 4.98 Å². The first kappa shape index (κ1) is 17.2. The Labute approximate surface area is 145 Å². The van der Waals surface area contributed by atoms with Gasteiger partial charge in [0.05, 0.1) is 16.7 Å². The number of benzene rings is 2. The quantitative estimate of drug-likeness (QED) is 0.677. The van der Waals surface area contributed by atoms with E-state index >= 15 is 0 Å². The van der Waals surface area contributed by atoms with Gasteiger partial charge in [-0.3, -0.25) is 9.08 Å². The first-order chi connectivity index (χ1) is 12.0. The summed E-state index contributed by atoms with van der Waals surface area (Å²) in [6.45, 7) is 1.88. The molecule has 130 valence electrons. The van der Waals surface area contributed by atoms with Gasteiger partial charge in [0.2, 0.25) is 0 Å². The maximum atomic E-state index is 12.8. The first-order valence-electron chi connectivity index (χ1n) is 8.01. The SMILES string of the molecule is CCCCS(=O)(=O)On1c(-c2ccccc2)nc2ccccc2c1=O. The molecule has 0 saturated heterocycles. The second-order valence-electron chi connectivity index (χ2n) is 5.61. The van der Waals surface area contributed by atoms with Gasteiger partial charge in [0, 0.05) is 5.56 Å². The molecule has 3 aromatic rings. The molecule has 0 unspecified atom stereocenters. The predicted octanol–water partition coefficient (Wildman–Crippen LogP) is 2.62. The monoisotopic (exact) mass is 358 g/mol. The number of nitrogens with zero attached hydrogens (tertiary/aromatic N) is 2. The van der Waals surface area contributed by atoms with E-state index in [0.29, 0.717) is 29.3 Å². The fourth-order valence-corrected chi connectivity index (χ4v) is 3.51. The van der Waals surface area contributed by atoms with Crippen LogP contribution in [-0.2, 0) is 10.1 Å². The molecular formula is C18H18N2O4S. The normalized spacial score (nSPS) is 11.6. The summed E-state index contributed by atoms with van der Waals surface area (Å²) >= 11 is 0. The molecule has 3 rings (SSSR count). The zero-order chi connectivity index (χ0) is 17.9. The Kier molecular flexibility index (Phi) is 4.85. The Morgan fingerprint density at radius 2 is 1.72 bits per heavy atom. The van der Waals surface area contributed by atoms with Gasteiger partial charge in [-0.2, -0.15) is 8.42 Å². The van der Waals surface area contributed by atoms with Crippen molar-refractivity contribution in [1.82, 2.24) is 9.71 Å². The summed E-state index contributed by atoms with van der Waals surface area (Å²) in [5, 5.41) is 0.299. The van der Waals surface area contributed by atoms with Gasteiger partial charge in [0.15, 0.2) is 5.82 Å². The summed E-state index contributed by atoms with van der Waals surface area (Å²) in [7, 11) is -3.90. The fraction of sp³-hybridized carbons (Fsp3) is 0.222. The topological polar surface area (TPSA) is 78.3 Å². The Morgan fingerprint density at radius 1 is 1.04 bits per heavy atom. The maximum Gasteiger partial charge on any atom is 0.327 e. The summed E-state index contributed by atoms with van der Waals surface area (Å²) in [5.74, 6) is 0.00107. The van der Waals surface area contributed by atoms with E-state index in [1.54, 1.807) is 48.5 Å². The van der Waals surface area contributed by atoms with E-state index in [4.69, 9.17) is 4.28 Å². The van der Waals surface area contributed by atoms with Gasteiger partial charge in [0.25, 0.3) is 5.56 Å². The van der Waals surface area contributed by atoms with Crippen LogP contribution in [0.4, 0.5) is 0 Å². The minimum atomic E-state index is -3.90. The third-order valence-electron chi connectivity index (χ3n) is 3.71. The number of hydrogen-bond acceptors (Lipinski definition) is 5. The van der Waals surface area contributed by atoms with E-state index < -0.39 is 15.7 Å². The third kappa shape index (κ3) is 3.71. The molecular weight excluding hydrogens is 340 g/mol. The van der Waals surface area contributed by atoms with Crippen molar-refractivity contribution in [3.05, 3.63) is 65.0 Å². The van der Waals surface area contributed by atoms with E-state index in [1.165, 1.54) is 0 Å². The van der Waals surface area contributed by atoms with Crippen molar-refractivity contribution in [2.24, 2.45) is 0 Å². The molecule has 0 fully saturated rings. The molecule has 0 spiro atoms. The maximum absolute atomic E-state index is 12.8. The Hall–Kier alpha value is -2.67. The molecule has 0 atom stereocenters. The van der Waals surface area contributed by atoms with Gasteiger partial charge in [-0.05, 0) is 18.6 Å². The number of hydrogen-bond donors (Lipinski definition) is 0. The van der Waals surface area contributed by atoms with Crippen LogP contribution in [-0.4, -0.2) is 23.9 Å². The first-order valence-corrected chi connectivity index (χ1v) is 9.59. The summed E-state index contributed by atoms with van der Waals surface area (Å²) < 4.78 is 30.4. The van der Waals surface area contributed by atoms with Gasteiger partial charge in [-0.1, -0.05) is 55.8 Å². The molecule has 25 heavy (non-hydrogen) atoms. The fourth-order valence-electron chi connectivity index (χ4n) is 2.43. The van der Waals surface area contributed by atoms with E-state index in [-0.39, 0.29) is 11.6 Å². The van der Waals surface area contributed by atoms with Crippen LogP contribution in [0.25, 0.3) is 22.3 Å². The highest BCUT2D eigenvalue weighted by Gasteiger charge is 2.19. The molecule has 1 aromatic heterocycles. The predicted molar refractivity (Wildman–Crippen MR) is 96.7 cm³/mol. The Bertz CT molecular complexity index is 1040. The van der Waals surface area contributed by atoms with Crippen molar-refractivity contribution < 1.29 is 12.7 Å². The Balaban J connectivity index is 2.21. The molecule has 0 amide bonds. The summed E-state index contributed by atoms with van der Waals surface area (Å²) in [5.41, 5.74) is 0.526. The highest BCUT2D eigenvalue weighted by molar-refractivity contribution is 7.86. The average molecular weight is 358 g/mol. The minimum absolute atomic E-state index is 0.156. The van der Waals surface area contributed by atoms with Gasteiger partial charge in [-0.25, -0.2) is 4.98 Å². The second-order valence-corrected chi connectivity index (χ2v) is 7.28. The van der Waals surface area contributed by atoms with Crippen LogP contribution in [0.5, 0.6) is 0 Å². The smallest absolute Gasteiger partial charge is 0.282 e. The van der Waals surface area contributed by atoms with Crippen LogP contribution in [0.2, 0.25) is 0 Å². The molecule has 0 radical (unpaired) electrons. The average Bonchev–Trinajstić information content (AvgIpc) is 2.63. The molecule has 0 N–H and O–H groups in total. The van der Waals surface area contributed by atoms with E-state index in [9.17, 15) is 13.2 Å². The summed E-state index contributed by atoms with van der Waals surface area (Å²) in [4.78, 5) is 17.3. The van der Waals surface area contributed by atoms with Crippen LogP contribution in [0.15, 0.2) is 59.4 Å². The molecule has 1 heterocycles. The van der Waals surface area contributed by atoms with Crippen LogP contribution >= 0.6 is 0 Å². The molecule has 0 aliphatic rings. The standard InChI is InChI=1S/C18H18N2O4S/c1-2-3-13-25(22,23)24-20-17(14-9-5-4-6-10-14)19-16-12-8-7-11-15(16)18(20)21/h4-12H,2-3,13H2,1H3. The molecule has 6 nitrogen and oxygen atoms in total. The van der Waals surface area contributed by atoms with Crippen molar-refractivity contribution in [2.75, 3.05) is 5.75 Å². The molecule has 2 aromatic carbocycles. The van der Waals surface area contributed by atoms with E-state index in [0.717, 1.165) is 4.73 Å². The third-order valence-corrected chi connectivity index (χ3v) is 4.87. The van der Waals surface area contributed by atoms with Crippen LogP contribution < -0.4 is 9.84 Å². The number of para-hydroxylation sites is 1. The van der Waals surface area contributed by atoms with Crippen molar-refractivity contribution in [3.63, 3.8) is 0 Å². The second kappa shape index (κ2) is 7.06. The lowest BCUT2D eigenvalue weighted by Crippen LogP contribution is -2.34. The largest absolute Gasteiger partial charge is 0.327 e. The van der Waals surface area contributed by atoms with Crippen molar-refractivity contribution in [3.8, 4) is 11.4 Å². The molecule has 0 bridgehead atoms. The van der Waals surface area contributed by atoms with Gasteiger partial charge in [0.1, 0.15) is 0 Å². The highest BCUT2D eigenvalue weighted by Crippen LogP contribution is 2.18. The van der Waals surface area contributed by atoms with Crippen LogP contribution in [0.3, 0.4) is 0 Å². The summed E-state index contributed by atoms with van der Waals surface area (Å²) in [6, 6.07) is 15.7. The van der Waals surface area contributed by atoms with Crippen LogP contribution in [0, 0.1) is 0 Å². The van der Waals surface area contributed by atoms with Crippen LogP contribution in [0.1, 0.15) is 19.8 Å². The lowest BCUT2D eigenvalue weighted by Gasteiger charge is -2.13. The zero-order valence-corrected chi connectivity index (χ0v) is 14.6. The molecule has 7 heteroatoms. The molecule has 0 saturated carbocycles. The molecule has 0 aliphatic heterocycles. The minimum Gasteiger partial charge on any atom is -0.282 e. The van der Waals surface area contributed by atoms with Crippen molar-refractivity contribution >= 4 is 21.0 Å². The zero-order valence-electron chi connectivity index (χ0n) is 13.8. The lowest BCUT2D eigenvalue weighted by molar-refractivity contribution is 0.270. The number of rotatable bonds is 6. The van der Waals surface area contributed by atoms with Gasteiger partial charge >= 0.3 is 10.1 Å². The number of unbranched alkanes of at least 4 members (excludes halogenated alkanes) is 1. The van der Waals surface area contributed by atoms with Crippen molar-refractivity contribution in [1.29, 1.82) is 0 Å². The van der Waals surface area contributed by atoms with Crippen molar-refractivity contribution in [2.45, 2.75) is 19.8 Å². The van der Waals surface area contributed by atoms with Gasteiger partial charge < -0.3 is 0 Å². The highest BCUT2D eigenvalue weighted by atomic mass is 32.2. The summed E-state index contributed by atoms with van der Waals surface area (Å²) in [6.07, 6.45) is 1.16.